The first-order valence-electron chi connectivity index (χ1n) is 8.16. The summed E-state index contributed by atoms with van der Waals surface area (Å²) in [4.78, 5) is 39.2. The minimum absolute atomic E-state index is 0.0847. The molecule has 5 heteroatoms. The fourth-order valence-corrected chi connectivity index (χ4v) is 3.75. The van der Waals surface area contributed by atoms with Gasteiger partial charge in [0, 0.05) is 31.5 Å². The third kappa shape index (κ3) is 2.26. The van der Waals surface area contributed by atoms with Crippen molar-refractivity contribution in [2.45, 2.75) is 44.6 Å². The summed E-state index contributed by atoms with van der Waals surface area (Å²) in [5.74, 6) is -0.215. The number of Topliss-reactive ketones (excluding diaryl/α,β-unsaturated/α-hetero) is 2. The Morgan fingerprint density at radius 3 is 2.65 bits per heavy atom. The topological polar surface area (TPSA) is 63.7 Å². The zero-order valence-corrected chi connectivity index (χ0v) is 13.5. The van der Waals surface area contributed by atoms with Gasteiger partial charge in [0.15, 0.2) is 0 Å². The molecule has 0 radical (unpaired) electrons. The van der Waals surface area contributed by atoms with Crippen LogP contribution >= 0.6 is 0 Å². The number of nitrogens with zero attached hydrogens (tertiary/aromatic N) is 1. The molecule has 2 aliphatic rings. The number of rotatable bonds is 4. The largest absolute Gasteiger partial charge is 0.488 e. The number of ketones is 2. The van der Waals surface area contributed by atoms with Crippen LogP contribution in [0.4, 0.5) is 0 Å². The molecule has 122 valence electrons. The van der Waals surface area contributed by atoms with Crippen molar-refractivity contribution in [1.29, 1.82) is 0 Å². The van der Waals surface area contributed by atoms with Gasteiger partial charge in [-0.05, 0) is 26.3 Å². The molecule has 1 saturated carbocycles. The highest BCUT2D eigenvalue weighted by Crippen LogP contribution is 2.50. The molecule has 1 aliphatic heterocycles. The van der Waals surface area contributed by atoms with Gasteiger partial charge in [0.2, 0.25) is 5.78 Å². The molecule has 0 aromatic heterocycles. The molecular formula is C18H21NO4. The van der Waals surface area contributed by atoms with Crippen molar-refractivity contribution >= 4 is 17.5 Å². The number of fused-ring (bicyclic) bond motifs is 3. The van der Waals surface area contributed by atoms with E-state index in [4.69, 9.17) is 4.74 Å². The lowest BCUT2D eigenvalue weighted by Crippen LogP contribution is -2.55. The number of carbonyl (C=O) groups is 3. The van der Waals surface area contributed by atoms with Crippen LogP contribution in [0.25, 0.3) is 0 Å². The second-order valence-electron chi connectivity index (χ2n) is 6.12. The molecule has 1 aliphatic carbocycles. The molecule has 1 aromatic rings. The molecule has 0 spiro atoms. The van der Waals surface area contributed by atoms with Crippen molar-refractivity contribution < 1.29 is 19.1 Å². The van der Waals surface area contributed by atoms with Crippen LogP contribution in [0, 0.1) is 0 Å². The highest BCUT2D eigenvalue weighted by atomic mass is 16.5. The molecule has 0 bridgehead atoms. The fourth-order valence-electron chi connectivity index (χ4n) is 3.75. The van der Waals surface area contributed by atoms with Gasteiger partial charge in [0.25, 0.3) is 5.91 Å². The highest BCUT2D eigenvalue weighted by Gasteiger charge is 2.58. The van der Waals surface area contributed by atoms with Crippen molar-refractivity contribution in [1.82, 2.24) is 4.90 Å². The van der Waals surface area contributed by atoms with Gasteiger partial charge in [-0.15, -0.1) is 0 Å². The van der Waals surface area contributed by atoms with Gasteiger partial charge in [-0.3, -0.25) is 14.4 Å². The Morgan fingerprint density at radius 2 is 1.96 bits per heavy atom. The maximum absolute atomic E-state index is 13.1. The predicted octanol–water partition coefficient (Wildman–Crippen LogP) is 1.88. The van der Waals surface area contributed by atoms with Crippen LogP contribution in [-0.2, 0) is 19.8 Å². The summed E-state index contributed by atoms with van der Waals surface area (Å²) in [6.45, 7) is 4.69. The average Bonchev–Trinajstić information content (AvgIpc) is 2.89. The smallest absolute Gasteiger partial charge is 0.291 e. The van der Waals surface area contributed by atoms with Crippen LogP contribution in [-0.4, -0.2) is 41.6 Å². The van der Waals surface area contributed by atoms with Crippen LogP contribution in [0.1, 0.15) is 38.7 Å². The van der Waals surface area contributed by atoms with Gasteiger partial charge >= 0.3 is 0 Å². The van der Waals surface area contributed by atoms with E-state index in [1.165, 1.54) is 4.90 Å². The van der Waals surface area contributed by atoms with Crippen LogP contribution < -0.4 is 4.74 Å². The molecular weight excluding hydrogens is 294 g/mol. The Labute approximate surface area is 135 Å². The lowest BCUT2D eigenvalue weighted by Gasteiger charge is -2.36. The molecule has 0 unspecified atom stereocenters. The first kappa shape index (κ1) is 15.7. The molecule has 1 fully saturated rings. The van der Waals surface area contributed by atoms with Crippen molar-refractivity contribution in [2.75, 3.05) is 13.1 Å². The summed E-state index contributed by atoms with van der Waals surface area (Å²) < 4.78 is 5.89. The van der Waals surface area contributed by atoms with Crippen LogP contribution in [0.15, 0.2) is 24.3 Å². The Morgan fingerprint density at radius 1 is 1.26 bits per heavy atom. The molecule has 1 amide bonds. The molecule has 1 aromatic carbocycles. The fraction of sp³-hybridized carbons (Fsp3) is 0.500. The van der Waals surface area contributed by atoms with Gasteiger partial charge < -0.3 is 9.64 Å². The van der Waals surface area contributed by atoms with E-state index in [-0.39, 0.29) is 12.2 Å². The number of likely N-dealkylation sites (N-methyl/N-ethyl adjacent to an activating group) is 1. The minimum Gasteiger partial charge on any atom is -0.488 e. The lowest BCUT2D eigenvalue weighted by atomic mass is 9.65. The summed E-state index contributed by atoms with van der Waals surface area (Å²) in [7, 11) is 0. The number of carbonyl (C=O) groups excluding carboxylic acids is 3. The predicted molar refractivity (Wildman–Crippen MR) is 84.3 cm³/mol. The minimum atomic E-state index is -1.01. The summed E-state index contributed by atoms with van der Waals surface area (Å²) in [6.07, 6.45) is 0.282. The van der Waals surface area contributed by atoms with Crippen LogP contribution in [0.2, 0.25) is 0 Å². The normalized spacial score (nSPS) is 25.3. The van der Waals surface area contributed by atoms with E-state index in [1.807, 2.05) is 32.0 Å². The van der Waals surface area contributed by atoms with Crippen LogP contribution in [0.3, 0.4) is 0 Å². The Balaban J connectivity index is 2.06. The molecule has 23 heavy (non-hydrogen) atoms. The van der Waals surface area contributed by atoms with Crippen molar-refractivity contribution in [3.05, 3.63) is 29.8 Å². The van der Waals surface area contributed by atoms with E-state index < -0.39 is 23.2 Å². The van der Waals surface area contributed by atoms with E-state index in [9.17, 15) is 14.4 Å². The van der Waals surface area contributed by atoms with E-state index >= 15 is 0 Å². The highest BCUT2D eigenvalue weighted by molar-refractivity contribution is 6.40. The van der Waals surface area contributed by atoms with Gasteiger partial charge in [-0.25, -0.2) is 0 Å². The number of benzene rings is 1. The van der Waals surface area contributed by atoms with Crippen LogP contribution in [0.5, 0.6) is 5.75 Å². The number of hydrogen-bond donors (Lipinski definition) is 0. The molecule has 1 heterocycles. The summed E-state index contributed by atoms with van der Waals surface area (Å²) in [5.41, 5.74) is -0.257. The number of amides is 1. The standard InChI is InChI=1S/C18H21NO4/c1-3-19(4-2)17(22)16(21)18-10-9-12(20)11-15(18)23-14-8-6-5-7-13(14)18/h5-8,15H,3-4,9-11H2,1-2H3/t15-,18+/m0/s1. The quantitative estimate of drug-likeness (QED) is 0.796. The van der Waals surface area contributed by atoms with Gasteiger partial charge in [-0.1, -0.05) is 18.2 Å². The SMILES string of the molecule is CCN(CC)C(=O)C(=O)[C@@]12CCC(=O)C[C@@H]1Oc1ccccc12. The van der Waals surface area contributed by atoms with E-state index in [1.54, 1.807) is 6.07 Å². The van der Waals surface area contributed by atoms with Crippen molar-refractivity contribution in [3.8, 4) is 5.75 Å². The summed E-state index contributed by atoms with van der Waals surface area (Å²) in [6, 6.07) is 7.33. The summed E-state index contributed by atoms with van der Waals surface area (Å²) in [5, 5.41) is 0. The Hall–Kier alpha value is -2.17. The monoisotopic (exact) mass is 315 g/mol. The Bertz CT molecular complexity index is 665. The van der Waals surface area contributed by atoms with Gasteiger partial charge in [-0.2, -0.15) is 0 Å². The van der Waals surface area contributed by atoms with E-state index in [0.717, 1.165) is 5.56 Å². The lowest BCUT2D eigenvalue weighted by molar-refractivity contribution is -0.150. The molecule has 3 rings (SSSR count). The molecule has 0 saturated heterocycles. The van der Waals surface area contributed by atoms with Gasteiger partial charge in [0.1, 0.15) is 23.1 Å². The first-order chi connectivity index (χ1) is 11.0. The van der Waals surface area contributed by atoms with Crippen molar-refractivity contribution in [3.63, 3.8) is 0 Å². The number of hydrogen-bond acceptors (Lipinski definition) is 4. The van der Waals surface area contributed by atoms with Crippen molar-refractivity contribution in [2.24, 2.45) is 0 Å². The molecule has 0 N–H and O–H groups in total. The molecule has 5 nitrogen and oxygen atoms in total. The second kappa shape index (κ2) is 5.80. The molecule has 2 atom stereocenters. The zero-order chi connectivity index (χ0) is 16.6. The maximum atomic E-state index is 13.1. The number of para-hydroxylation sites is 1. The maximum Gasteiger partial charge on any atom is 0.291 e. The zero-order valence-electron chi connectivity index (χ0n) is 13.5. The Kier molecular flexibility index (Phi) is 3.96. The first-order valence-corrected chi connectivity index (χ1v) is 8.16. The second-order valence-corrected chi connectivity index (χ2v) is 6.12. The average molecular weight is 315 g/mol. The third-order valence-corrected chi connectivity index (χ3v) is 5.05. The number of ether oxygens (including phenoxy) is 1. The summed E-state index contributed by atoms with van der Waals surface area (Å²) >= 11 is 0. The third-order valence-electron chi connectivity index (χ3n) is 5.05. The van der Waals surface area contributed by atoms with E-state index in [0.29, 0.717) is 31.7 Å². The van der Waals surface area contributed by atoms with E-state index in [2.05, 4.69) is 0 Å². The van der Waals surface area contributed by atoms with Gasteiger partial charge in [0.05, 0.1) is 0 Å².